The number of carbonyl (C=O) groups excluding carboxylic acids is 1. The summed E-state index contributed by atoms with van der Waals surface area (Å²) in [4.78, 5) is 26.6. The Morgan fingerprint density at radius 2 is 1.55 bits per heavy atom. The number of nitrogens with zero attached hydrogens (tertiary/aromatic N) is 1. The van der Waals surface area contributed by atoms with Gasteiger partial charge in [0.1, 0.15) is 23.5 Å². The molecule has 0 bridgehead atoms. The molecule has 7 nitrogen and oxygen atoms in total. The molecule has 7 heteroatoms. The molecule has 0 spiro atoms. The normalized spacial score (nSPS) is 15.8. The number of nitrogen functional groups attached to an aromatic ring is 1. The number of pyridine rings is 1. The van der Waals surface area contributed by atoms with E-state index in [1.165, 1.54) is 16.7 Å². The summed E-state index contributed by atoms with van der Waals surface area (Å²) in [7, 11) is 0. The van der Waals surface area contributed by atoms with Gasteiger partial charge in [-0.3, -0.25) is 4.79 Å². The predicted molar refractivity (Wildman–Crippen MR) is 242 cm³/mol. The van der Waals surface area contributed by atoms with Gasteiger partial charge in [-0.15, -0.1) is 0 Å². The Morgan fingerprint density at radius 1 is 0.897 bits per heavy atom. The number of ether oxygens (including phenoxy) is 2. The highest BCUT2D eigenvalue weighted by Gasteiger charge is 2.38. The van der Waals surface area contributed by atoms with Crippen LogP contribution in [0.4, 0.5) is 5.69 Å². The van der Waals surface area contributed by atoms with E-state index in [2.05, 4.69) is 52.8 Å². The van der Waals surface area contributed by atoms with Crippen molar-refractivity contribution in [3.8, 4) is 11.5 Å². The van der Waals surface area contributed by atoms with Crippen LogP contribution in [0, 0.1) is 13.8 Å². The molecule has 2 unspecified atom stereocenters. The standard InChI is InChI=1S/C49H58N2O5.2CH4/c1-33(2)13-10-14-34(3)15-11-16-35(4)17-12-29-49(7)30-28-42-37(6)47(36(5)31-45(42)56-49)55-48(54)44(32-46(52)53)51-41(26-22-38-20-24-40(50)25-21-38)27-23-39-18-8-9-19-43(39)51;;/h8-9,13,15,17-27,31,44,50H,10-12,14,16,28-30,32H2,1-7H3,(H,52,53);2*1H4/p+1/b34-15+,35-17+;;. The monoisotopic (exact) mass is 788 g/mol. The lowest BCUT2D eigenvalue weighted by Gasteiger charge is -2.37. The number of carbonyl (C=O) groups is 2. The molecule has 310 valence electrons. The summed E-state index contributed by atoms with van der Waals surface area (Å²) in [6.45, 7) is 14.8. The predicted octanol–water partition coefficient (Wildman–Crippen LogP) is 12.7. The number of aliphatic carboxylic acids is 1. The molecule has 1 aliphatic heterocycles. The van der Waals surface area contributed by atoms with Gasteiger partial charge in [0.2, 0.25) is 11.2 Å². The summed E-state index contributed by atoms with van der Waals surface area (Å²) >= 11 is 0. The molecule has 0 saturated heterocycles. The van der Waals surface area contributed by atoms with Gasteiger partial charge in [-0.1, -0.05) is 74.1 Å². The first-order valence-corrected chi connectivity index (χ1v) is 19.9. The SMILES string of the molecule is C.C.CC(C)=CCC/C(C)=C/CC/C(C)=C/CCC1(C)CCc2c(cc(C)c(OC(=O)C(CC(=O)O)[n+]3c(/C=C/c4ccc(N)cc4)ccc4ccccc43)c2C)O1. The van der Waals surface area contributed by atoms with Crippen molar-refractivity contribution in [2.75, 3.05) is 5.73 Å². The number of carboxylic acids is 1. The number of carboxylic acid groups (broad SMARTS) is 1. The van der Waals surface area contributed by atoms with E-state index in [4.69, 9.17) is 15.2 Å². The second kappa shape index (κ2) is 21.4. The number of allylic oxidation sites excluding steroid dienone is 6. The van der Waals surface area contributed by atoms with Gasteiger partial charge in [-0.05, 0) is 153 Å². The zero-order valence-corrected chi connectivity index (χ0v) is 34.3. The number of hydrogen-bond acceptors (Lipinski definition) is 5. The Balaban J connectivity index is 0.00000450. The van der Waals surface area contributed by atoms with Crippen LogP contribution in [0.25, 0.3) is 23.1 Å². The van der Waals surface area contributed by atoms with Crippen LogP contribution in [0.3, 0.4) is 0 Å². The van der Waals surface area contributed by atoms with E-state index in [0.29, 0.717) is 17.1 Å². The lowest BCUT2D eigenvalue weighted by Crippen LogP contribution is -2.49. The zero-order chi connectivity index (χ0) is 40.4. The topological polar surface area (TPSA) is 103 Å². The van der Waals surface area contributed by atoms with E-state index in [1.54, 1.807) is 4.57 Å². The van der Waals surface area contributed by atoms with E-state index in [-0.39, 0.29) is 20.5 Å². The van der Waals surface area contributed by atoms with Gasteiger partial charge in [0.15, 0.2) is 0 Å². The molecule has 1 aliphatic rings. The van der Waals surface area contributed by atoms with Crippen molar-refractivity contribution in [1.29, 1.82) is 0 Å². The third-order valence-electron chi connectivity index (χ3n) is 10.8. The number of nitrogens with two attached hydrogens (primary N) is 1. The Kier molecular flexibility index (Phi) is 17.3. The van der Waals surface area contributed by atoms with E-state index < -0.39 is 24.4 Å². The first kappa shape index (κ1) is 46.9. The van der Waals surface area contributed by atoms with E-state index >= 15 is 0 Å². The molecule has 2 atom stereocenters. The van der Waals surface area contributed by atoms with Crippen molar-refractivity contribution in [3.63, 3.8) is 0 Å². The van der Waals surface area contributed by atoms with Gasteiger partial charge >= 0.3 is 11.9 Å². The molecular weight excluding hydrogens is 721 g/mol. The summed E-state index contributed by atoms with van der Waals surface area (Å²) in [5, 5.41) is 11.0. The number of rotatable bonds is 16. The van der Waals surface area contributed by atoms with Crippen molar-refractivity contribution < 1.29 is 28.7 Å². The minimum Gasteiger partial charge on any atom is -0.487 e. The maximum Gasteiger partial charge on any atom is 0.381 e. The third-order valence-corrected chi connectivity index (χ3v) is 10.8. The van der Waals surface area contributed by atoms with Gasteiger partial charge < -0.3 is 20.3 Å². The molecule has 2 heterocycles. The van der Waals surface area contributed by atoms with Crippen molar-refractivity contribution in [2.24, 2.45) is 0 Å². The molecule has 1 aromatic heterocycles. The molecule has 4 aromatic rings. The van der Waals surface area contributed by atoms with Crippen LogP contribution in [0.2, 0.25) is 0 Å². The van der Waals surface area contributed by atoms with E-state index in [9.17, 15) is 14.7 Å². The first-order valence-electron chi connectivity index (χ1n) is 19.9. The Hall–Kier alpha value is -5.43. The quantitative estimate of drug-likeness (QED) is 0.0385. The Bertz CT molecular complexity index is 2170. The number of hydrogen-bond donors (Lipinski definition) is 2. The molecule has 3 aromatic carbocycles. The number of aryl methyl sites for hydroxylation is 1. The van der Waals surface area contributed by atoms with Crippen LogP contribution in [0.1, 0.15) is 135 Å². The van der Waals surface area contributed by atoms with E-state index in [1.807, 2.05) is 92.7 Å². The minimum atomic E-state index is -1.14. The van der Waals surface area contributed by atoms with Gasteiger partial charge in [0, 0.05) is 34.8 Å². The summed E-state index contributed by atoms with van der Waals surface area (Å²) in [6.07, 6.45) is 18.2. The largest absolute Gasteiger partial charge is 0.487 e. The molecule has 0 fully saturated rings. The van der Waals surface area contributed by atoms with E-state index in [0.717, 1.165) is 90.3 Å². The summed E-state index contributed by atoms with van der Waals surface area (Å²) in [6, 6.07) is 19.8. The fourth-order valence-corrected chi connectivity index (χ4v) is 7.50. The van der Waals surface area contributed by atoms with Crippen LogP contribution in [-0.4, -0.2) is 22.6 Å². The lowest BCUT2D eigenvalue weighted by molar-refractivity contribution is -0.686. The molecule has 3 N–H and O–H groups in total. The highest BCUT2D eigenvalue weighted by molar-refractivity contribution is 5.83. The van der Waals surface area contributed by atoms with Gasteiger partial charge in [0.05, 0.1) is 0 Å². The lowest BCUT2D eigenvalue weighted by atomic mass is 9.86. The average molecular weight is 788 g/mol. The molecule has 0 saturated carbocycles. The fourth-order valence-electron chi connectivity index (χ4n) is 7.50. The molecule has 0 radical (unpaired) electrons. The van der Waals surface area contributed by atoms with Gasteiger partial charge in [-0.2, -0.15) is 4.57 Å². The number of anilines is 1. The molecule has 0 amide bonds. The second-order valence-electron chi connectivity index (χ2n) is 15.9. The number of esters is 1. The molecule has 0 aliphatic carbocycles. The molecule has 5 rings (SSSR count). The highest BCUT2D eigenvalue weighted by atomic mass is 16.5. The molecule has 58 heavy (non-hydrogen) atoms. The van der Waals surface area contributed by atoms with Crippen LogP contribution < -0.4 is 19.8 Å². The summed E-state index contributed by atoms with van der Waals surface area (Å²) < 4.78 is 14.7. The van der Waals surface area contributed by atoms with Gasteiger partial charge in [-0.25, -0.2) is 4.79 Å². The van der Waals surface area contributed by atoms with Crippen LogP contribution in [-0.2, 0) is 16.0 Å². The van der Waals surface area contributed by atoms with Crippen molar-refractivity contribution in [1.82, 2.24) is 0 Å². The van der Waals surface area contributed by atoms with Crippen molar-refractivity contribution in [3.05, 3.63) is 130 Å². The van der Waals surface area contributed by atoms with Crippen LogP contribution >= 0.6 is 0 Å². The fraction of sp³-hybridized carbons (Fsp3) is 0.392. The Morgan fingerprint density at radius 3 is 2.22 bits per heavy atom. The highest BCUT2D eigenvalue weighted by Crippen LogP contribution is 2.42. The van der Waals surface area contributed by atoms with Gasteiger partial charge in [0.25, 0.3) is 6.04 Å². The third kappa shape index (κ3) is 12.5. The maximum absolute atomic E-state index is 14.3. The summed E-state index contributed by atoms with van der Waals surface area (Å²) in [5.41, 5.74) is 15.4. The number of benzene rings is 3. The zero-order valence-electron chi connectivity index (χ0n) is 34.3. The number of aromatic nitrogens is 1. The first-order chi connectivity index (χ1) is 26.7. The van der Waals surface area contributed by atoms with Crippen LogP contribution in [0.15, 0.2) is 102 Å². The average Bonchev–Trinajstić information content (AvgIpc) is 3.14. The second-order valence-corrected chi connectivity index (χ2v) is 15.9. The van der Waals surface area contributed by atoms with Crippen molar-refractivity contribution in [2.45, 2.75) is 133 Å². The number of para-hydroxylation sites is 1. The van der Waals surface area contributed by atoms with Crippen LogP contribution in [0.5, 0.6) is 11.5 Å². The molecular formula is C51H67N2O5+. The smallest absolute Gasteiger partial charge is 0.381 e. The number of fused-ring (bicyclic) bond motifs is 2. The maximum atomic E-state index is 14.3. The summed E-state index contributed by atoms with van der Waals surface area (Å²) in [5.74, 6) is -0.463. The Labute approximate surface area is 348 Å². The van der Waals surface area contributed by atoms with Crippen molar-refractivity contribution >= 4 is 40.7 Å². The minimum absolute atomic E-state index is 0.